The molecule has 7 heteroatoms. The molecule has 7 nitrogen and oxygen atoms in total. The number of anilines is 1. The predicted molar refractivity (Wildman–Crippen MR) is 64.7 cm³/mol. The summed E-state index contributed by atoms with van der Waals surface area (Å²) in [4.78, 5) is 15.9. The smallest absolute Gasteiger partial charge is 0.249 e. The molecule has 2 aromatic rings. The van der Waals surface area contributed by atoms with E-state index < -0.39 is 5.41 Å². The van der Waals surface area contributed by atoms with Crippen LogP contribution in [0.1, 0.15) is 26.5 Å². The van der Waals surface area contributed by atoms with Crippen LogP contribution in [0.5, 0.6) is 0 Å². The zero-order valence-corrected chi connectivity index (χ0v) is 10.7. The van der Waals surface area contributed by atoms with Crippen LogP contribution in [0, 0.1) is 12.3 Å². The Hall–Kier alpha value is -2.18. The number of rotatable bonds is 2. The van der Waals surface area contributed by atoms with Gasteiger partial charge in [-0.1, -0.05) is 25.9 Å². The second kappa shape index (κ2) is 4.25. The van der Waals surface area contributed by atoms with Crippen LogP contribution < -0.4 is 5.32 Å². The lowest BCUT2D eigenvalue weighted by molar-refractivity contribution is -0.123. The molecule has 18 heavy (non-hydrogen) atoms. The largest absolute Gasteiger partial charge is 0.361 e. The fraction of sp³-hybridized carbons (Fsp3) is 0.455. The van der Waals surface area contributed by atoms with Gasteiger partial charge in [0, 0.05) is 11.5 Å². The summed E-state index contributed by atoms with van der Waals surface area (Å²) in [5.41, 5.74) is 0.0573. The number of aromatic amines is 1. The monoisotopic (exact) mass is 249 g/mol. The molecule has 0 aliphatic rings. The fourth-order valence-electron chi connectivity index (χ4n) is 1.20. The van der Waals surface area contributed by atoms with Gasteiger partial charge in [-0.3, -0.25) is 15.2 Å². The Morgan fingerprint density at radius 3 is 2.72 bits per heavy atom. The first kappa shape index (κ1) is 12.3. The normalized spacial score (nSPS) is 11.6. The van der Waals surface area contributed by atoms with Crippen molar-refractivity contribution in [3.63, 3.8) is 0 Å². The lowest BCUT2D eigenvalue weighted by Crippen LogP contribution is -2.28. The van der Waals surface area contributed by atoms with Crippen molar-refractivity contribution < 1.29 is 9.32 Å². The first-order valence-electron chi connectivity index (χ1n) is 5.54. The third kappa shape index (κ3) is 2.55. The van der Waals surface area contributed by atoms with Crippen molar-refractivity contribution in [2.45, 2.75) is 27.7 Å². The lowest BCUT2D eigenvalue weighted by atomic mass is 9.96. The summed E-state index contributed by atoms with van der Waals surface area (Å²) in [6.45, 7) is 7.24. The topological polar surface area (TPSA) is 96.7 Å². The van der Waals surface area contributed by atoms with Crippen molar-refractivity contribution in [3.05, 3.63) is 11.8 Å². The number of nitrogens with one attached hydrogen (secondary N) is 2. The average molecular weight is 249 g/mol. The van der Waals surface area contributed by atoms with E-state index in [0.717, 1.165) is 0 Å². The number of H-pyrrole nitrogens is 1. The Labute approximate surface area is 104 Å². The SMILES string of the molecule is Cc1cc(-c2nc(NC(=O)C(C)(C)C)n[nH]2)no1. The third-order valence-electron chi connectivity index (χ3n) is 2.26. The van der Waals surface area contributed by atoms with Gasteiger partial charge < -0.3 is 4.52 Å². The number of hydrogen-bond acceptors (Lipinski definition) is 5. The number of carbonyl (C=O) groups excluding carboxylic acids is 1. The maximum absolute atomic E-state index is 11.7. The molecule has 0 saturated heterocycles. The van der Waals surface area contributed by atoms with Gasteiger partial charge in [-0.05, 0) is 6.92 Å². The van der Waals surface area contributed by atoms with Crippen LogP contribution >= 0.6 is 0 Å². The molecule has 0 unspecified atom stereocenters. The van der Waals surface area contributed by atoms with E-state index in [0.29, 0.717) is 17.3 Å². The van der Waals surface area contributed by atoms with E-state index in [-0.39, 0.29) is 11.9 Å². The molecule has 0 atom stereocenters. The molecule has 0 radical (unpaired) electrons. The quantitative estimate of drug-likeness (QED) is 0.845. The van der Waals surface area contributed by atoms with Crippen molar-refractivity contribution >= 4 is 11.9 Å². The van der Waals surface area contributed by atoms with Gasteiger partial charge >= 0.3 is 0 Å². The molecule has 0 aromatic carbocycles. The highest BCUT2D eigenvalue weighted by atomic mass is 16.5. The van der Waals surface area contributed by atoms with E-state index in [9.17, 15) is 4.79 Å². The van der Waals surface area contributed by atoms with Gasteiger partial charge in [-0.2, -0.15) is 4.98 Å². The molecule has 0 fully saturated rings. The van der Waals surface area contributed by atoms with Crippen LogP contribution in [0.25, 0.3) is 11.5 Å². The van der Waals surface area contributed by atoms with Gasteiger partial charge in [0.25, 0.3) is 0 Å². The maximum Gasteiger partial charge on any atom is 0.249 e. The third-order valence-corrected chi connectivity index (χ3v) is 2.26. The maximum atomic E-state index is 11.7. The minimum atomic E-state index is -0.495. The van der Waals surface area contributed by atoms with Crippen LogP contribution in [0.2, 0.25) is 0 Å². The summed E-state index contributed by atoms with van der Waals surface area (Å²) in [6.07, 6.45) is 0. The summed E-state index contributed by atoms with van der Waals surface area (Å²) in [5, 5.41) is 13.0. The average Bonchev–Trinajstić information content (AvgIpc) is 2.85. The Bertz CT molecular complexity index is 564. The molecule has 0 spiro atoms. The standard InChI is InChI=1S/C11H15N5O2/c1-6-5-7(16-18-6)8-12-10(15-14-8)13-9(17)11(2,3)4/h5H,1-4H3,(H2,12,13,14,15,17). The number of amides is 1. The summed E-state index contributed by atoms with van der Waals surface area (Å²) in [6, 6.07) is 1.73. The van der Waals surface area contributed by atoms with Crippen LogP contribution in [0.4, 0.5) is 5.95 Å². The number of carbonyl (C=O) groups is 1. The van der Waals surface area contributed by atoms with E-state index >= 15 is 0 Å². The highest BCUT2D eigenvalue weighted by Crippen LogP contribution is 2.18. The second-order valence-electron chi connectivity index (χ2n) is 5.03. The summed E-state index contributed by atoms with van der Waals surface area (Å²) in [7, 11) is 0. The zero-order valence-electron chi connectivity index (χ0n) is 10.7. The zero-order chi connectivity index (χ0) is 13.3. The van der Waals surface area contributed by atoms with E-state index in [2.05, 4.69) is 25.7 Å². The van der Waals surface area contributed by atoms with Crippen molar-refractivity contribution in [1.29, 1.82) is 0 Å². The highest BCUT2D eigenvalue weighted by molar-refractivity contribution is 5.93. The molecule has 96 valence electrons. The van der Waals surface area contributed by atoms with Crippen molar-refractivity contribution in [3.8, 4) is 11.5 Å². The van der Waals surface area contributed by atoms with Crippen molar-refractivity contribution in [2.24, 2.45) is 5.41 Å². The molecule has 2 aromatic heterocycles. The van der Waals surface area contributed by atoms with E-state index in [1.807, 2.05) is 20.8 Å². The van der Waals surface area contributed by atoms with Gasteiger partial charge in [0.15, 0.2) is 11.5 Å². The van der Waals surface area contributed by atoms with Gasteiger partial charge in [0.1, 0.15) is 5.76 Å². The second-order valence-corrected chi connectivity index (χ2v) is 5.03. The Balaban J connectivity index is 2.14. The fourth-order valence-corrected chi connectivity index (χ4v) is 1.20. The molecular formula is C11H15N5O2. The number of nitrogens with zero attached hydrogens (tertiary/aromatic N) is 3. The van der Waals surface area contributed by atoms with Gasteiger partial charge in [0.05, 0.1) is 0 Å². The van der Waals surface area contributed by atoms with Gasteiger partial charge in [-0.15, -0.1) is 5.10 Å². The molecule has 2 rings (SSSR count). The number of aromatic nitrogens is 4. The Kier molecular flexibility index (Phi) is 2.90. The molecular weight excluding hydrogens is 234 g/mol. The minimum absolute atomic E-state index is 0.149. The van der Waals surface area contributed by atoms with Crippen LogP contribution in [-0.2, 0) is 4.79 Å². The Morgan fingerprint density at radius 2 is 2.17 bits per heavy atom. The van der Waals surface area contributed by atoms with Crippen LogP contribution in [0.3, 0.4) is 0 Å². The van der Waals surface area contributed by atoms with Gasteiger partial charge in [0.2, 0.25) is 11.9 Å². The van der Waals surface area contributed by atoms with Crippen molar-refractivity contribution in [1.82, 2.24) is 20.3 Å². The first-order chi connectivity index (χ1) is 8.36. The summed E-state index contributed by atoms with van der Waals surface area (Å²) < 4.78 is 4.94. The minimum Gasteiger partial charge on any atom is -0.361 e. The molecule has 1 amide bonds. The van der Waals surface area contributed by atoms with Crippen molar-refractivity contribution in [2.75, 3.05) is 5.32 Å². The van der Waals surface area contributed by atoms with Gasteiger partial charge in [-0.25, -0.2) is 0 Å². The van der Waals surface area contributed by atoms with E-state index in [1.54, 1.807) is 13.0 Å². The number of aryl methyl sites for hydroxylation is 1. The van der Waals surface area contributed by atoms with Crippen LogP contribution in [-0.4, -0.2) is 26.2 Å². The first-order valence-corrected chi connectivity index (χ1v) is 5.54. The van der Waals surface area contributed by atoms with E-state index in [4.69, 9.17) is 4.52 Å². The molecule has 0 bridgehead atoms. The molecule has 2 heterocycles. The van der Waals surface area contributed by atoms with E-state index in [1.165, 1.54) is 0 Å². The predicted octanol–water partition coefficient (Wildman–Crippen LogP) is 1.75. The number of hydrogen-bond donors (Lipinski definition) is 2. The summed E-state index contributed by atoms with van der Waals surface area (Å²) in [5.74, 6) is 1.22. The summed E-state index contributed by atoms with van der Waals surface area (Å²) >= 11 is 0. The molecule has 2 N–H and O–H groups in total. The highest BCUT2D eigenvalue weighted by Gasteiger charge is 2.22. The lowest BCUT2D eigenvalue weighted by Gasteiger charge is -2.15. The molecule has 0 aliphatic heterocycles. The van der Waals surface area contributed by atoms with Crippen LogP contribution in [0.15, 0.2) is 10.6 Å². The molecule has 0 aliphatic carbocycles. The molecule has 0 saturated carbocycles. The Morgan fingerprint density at radius 1 is 1.44 bits per heavy atom.